The van der Waals surface area contributed by atoms with Gasteiger partial charge in [0.1, 0.15) is 23.0 Å². The lowest BCUT2D eigenvalue weighted by Crippen LogP contribution is -2.63. The Morgan fingerprint density at radius 1 is 0.742 bits per heavy atom. The van der Waals surface area contributed by atoms with E-state index in [1.165, 1.54) is 59.6 Å². The fourth-order valence-electron chi connectivity index (χ4n) is 7.60. The molecule has 6 rings (SSSR count). The van der Waals surface area contributed by atoms with Crippen LogP contribution in [0.5, 0.6) is 0 Å². The van der Waals surface area contributed by atoms with E-state index in [2.05, 4.69) is 21.3 Å². The van der Waals surface area contributed by atoms with Crippen molar-refractivity contribution in [2.45, 2.75) is 96.8 Å². The Morgan fingerprint density at radius 3 is 1.55 bits per heavy atom. The predicted molar refractivity (Wildman–Crippen MR) is 224 cm³/mol. The molecule has 2 aliphatic carbocycles. The summed E-state index contributed by atoms with van der Waals surface area (Å²) in [6, 6.07) is 7.68. The maximum absolute atomic E-state index is 13.5. The average molecular weight is 906 g/mol. The standard InChI is InChI=1S/C22H23ClF3N3O3.C21H23ClFN3O4/c1-5-21(9-22(25,26)10-21)28-20(32)18(30)17-16(23)15(12(3)29(17)4)19(31)27-13-6-7-14(24)11(2)8-13;1-10-9-12(7-8-13(10)23)24-20(29)16-11(2)26(3)18(17(16)22)19(28)21(30)25-14-5-4-6-15(14)27/h6-8H,5,9-10H2,1-4H3,(H,27,31)(H,28,32);7-9,14-15,27H,4-6H2,1-3H3,(H,24,29)(H,25,30)/t;14-,15+/m.1/s1. The Labute approximate surface area is 364 Å². The Morgan fingerprint density at radius 2 is 1.18 bits per heavy atom. The first-order valence-corrected chi connectivity index (χ1v) is 20.3. The molecule has 0 spiro atoms. The molecule has 2 atom stereocenters. The summed E-state index contributed by atoms with van der Waals surface area (Å²) in [7, 11) is 3.00. The van der Waals surface area contributed by atoms with Gasteiger partial charge in [-0.1, -0.05) is 30.1 Å². The number of Topliss-reactive ketones (excluding diaryl/α,β-unsaturated/α-hetero) is 2. The largest absolute Gasteiger partial charge is 0.391 e. The highest BCUT2D eigenvalue weighted by Crippen LogP contribution is 2.47. The molecule has 2 saturated carbocycles. The van der Waals surface area contributed by atoms with Crippen molar-refractivity contribution in [3.63, 3.8) is 0 Å². The van der Waals surface area contributed by atoms with Crippen molar-refractivity contribution in [3.05, 3.63) is 103 Å². The maximum Gasteiger partial charge on any atom is 0.294 e. The van der Waals surface area contributed by atoms with Crippen LogP contribution in [0.2, 0.25) is 10.0 Å². The topological polar surface area (TPSA) is 181 Å². The number of amides is 4. The van der Waals surface area contributed by atoms with E-state index in [9.17, 15) is 51.4 Å². The molecule has 0 unspecified atom stereocenters. The number of ketones is 2. The van der Waals surface area contributed by atoms with Crippen LogP contribution < -0.4 is 21.3 Å². The second kappa shape index (κ2) is 18.4. The average Bonchev–Trinajstić information content (AvgIpc) is 3.77. The smallest absolute Gasteiger partial charge is 0.294 e. The highest BCUT2D eigenvalue weighted by atomic mass is 35.5. The van der Waals surface area contributed by atoms with Crippen LogP contribution in [0.4, 0.5) is 28.9 Å². The number of carbonyl (C=O) groups excluding carboxylic acids is 6. The zero-order valence-corrected chi connectivity index (χ0v) is 36.4. The van der Waals surface area contributed by atoms with Crippen molar-refractivity contribution in [3.8, 4) is 0 Å². The number of alkyl halides is 2. The van der Waals surface area contributed by atoms with Gasteiger partial charge in [0.15, 0.2) is 0 Å². The van der Waals surface area contributed by atoms with Crippen LogP contribution in [-0.4, -0.2) is 73.0 Å². The van der Waals surface area contributed by atoms with Crippen molar-refractivity contribution >= 4 is 69.8 Å². The molecule has 0 saturated heterocycles. The predicted octanol–water partition coefficient (Wildman–Crippen LogP) is 7.46. The summed E-state index contributed by atoms with van der Waals surface area (Å²) < 4.78 is 56.4. The van der Waals surface area contributed by atoms with Crippen molar-refractivity contribution in [1.29, 1.82) is 0 Å². The van der Waals surface area contributed by atoms with Gasteiger partial charge in [-0.25, -0.2) is 17.6 Å². The maximum atomic E-state index is 13.5. The molecule has 5 N–H and O–H groups in total. The Bertz CT molecular complexity index is 2490. The van der Waals surface area contributed by atoms with Crippen molar-refractivity contribution in [1.82, 2.24) is 19.8 Å². The number of aryl methyl sites for hydroxylation is 2. The number of aliphatic hydroxyl groups excluding tert-OH is 1. The lowest BCUT2D eigenvalue weighted by atomic mass is 9.71. The normalized spacial score (nSPS) is 17.3. The van der Waals surface area contributed by atoms with Gasteiger partial charge in [-0.2, -0.15) is 0 Å². The molecule has 332 valence electrons. The molecule has 2 aromatic heterocycles. The molecule has 0 bridgehead atoms. The first kappa shape index (κ1) is 47.5. The molecule has 13 nitrogen and oxygen atoms in total. The molecular weight excluding hydrogens is 859 g/mol. The number of benzene rings is 2. The third-order valence-corrected chi connectivity index (χ3v) is 12.2. The van der Waals surface area contributed by atoms with Crippen LogP contribution >= 0.6 is 23.2 Å². The minimum atomic E-state index is -2.88. The highest BCUT2D eigenvalue weighted by Gasteiger charge is 2.56. The second-order valence-corrected chi connectivity index (χ2v) is 16.5. The molecule has 19 heteroatoms. The summed E-state index contributed by atoms with van der Waals surface area (Å²) in [4.78, 5) is 76.2. The van der Waals surface area contributed by atoms with E-state index >= 15 is 0 Å². The minimum absolute atomic E-state index is 0.0207. The van der Waals surface area contributed by atoms with E-state index in [-0.39, 0.29) is 39.0 Å². The Balaban J connectivity index is 0.000000235. The molecule has 4 aromatic rings. The summed E-state index contributed by atoms with van der Waals surface area (Å²) in [6.07, 6.45) is 0.387. The van der Waals surface area contributed by atoms with Crippen LogP contribution in [0.1, 0.15) is 110 Å². The van der Waals surface area contributed by atoms with Gasteiger partial charge in [0.25, 0.3) is 41.1 Å². The third-order valence-electron chi connectivity index (χ3n) is 11.4. The monoisotopic (exact) mass is 904 g/mol. The SMILES string of the molecule is CCC1(NC(=O)C(=O)c2c(Cl)c(C(=O)Nc3ccc(F)c(C)c3)c(C)n2C)CC(F)(F)C1.Cc1cc(NC(=O)c2c(Cl)c(C(=O)C(=O)N[C@@H]3CCC[C@@H]3O)n(C)c2C)ccc1F. The van der Waals surface area contributed by atoms with E-state index in [1.807, 2.05) is 0 Å². The lowest BCUT2D eigenvalue weighted by molar-refractivity contribution is -0.145. The highest BCUT2D eigenvalue weighted by molar-refractivity contribution is 6.48. The van der Waals surface area contributed by atoms with Crippen LogP contribution in [0.25, 0.3) is 0 Å². The first-order chi connectivity index (χ1) is 28.9. The van der Waals surface area contributed by atoms with Crippen molar-refractivity contribution in [2.24, 2.45) is 14.1 Å². The number of anilines is 2. The van der Waals surface area contributed by atoms with Gasteiger partial charge >= 0.3 is 0 Å². The number of hydrogen-bond acceptors (Lipinski definition) is 7. The fourth-order valence-corrected chi connectivity index (χ4v) is 8.47. The van der Waals surface area contributed by atoms with E-state index in [0.29, 0.717) is 46.7 Å². The zero-order chi connectivity index (χ0) is 46.2. The van der Waals surface area contributed by atoms with Gasteiger partial charge in [0.05, 0.1) is 38.9 Å². The summed E-state index contributed by atoms with van der Waals surface area (Å²) in [6.45, 7) is 7.92. The van der Waals surface area contributed by atoms with E-state index < -0.39 is 83.3 Å². The second-order valence-electron chi connectivity index (χ2n) is 15.7. The van der Waals surface area contributed by atoms with E-state index in [0.717, 1.165) is 6.42 Å². The number of aliphatic hydroxyl groups is 1. The van der Waals surface area contributed by atoms with Gasteiger partial charge in [-0.3, -0.25) is 28.8 Å². The third kappa shape index (κ3) is 9.74. The van der Waals surface area contributed by atoms with Crippen LogP contribution in [-0.2, 0) is 23.7 Å². The number of nitrogens with one attached hydrogen (secondary N) is 4. The number of nitrogens with zero attached hydrogens (tertiary/aromatic N) is 2. The fraction of sp³-hybridized carbons (Fsp3) is 0.395. The van der Waals surface area contributed by atoms with Crippen molar-refractivity contribution < 1.29 is 51.4 Å². The van der Waals surface area contributed by atoms with E-state index in [4.69, 9.17) is 23.2 Å². The van der Waals surface area contributed by atoms with Crippen LogP contribution in [0.15, 0.2) is 36.4 Å². The molecule has 0 aliphatic heterocycles. The van der Waals surface area contributed by atoms with Gasteiger partial charge in [-0.05, 0) is 101 Å². The Hall–Kier alpha value is -5.52. The van der Waals surface area contributed by atoms with Gasteiger partial charge in [-0.15, -0.1) is 0 Å². The quantitative estimate of drug-likeness (QED) is 0.0589. The summed E-state index contributed by atoms with van der Waals surface area (Å²) in [5, 5.41) is 19.7. The molecule has 2 aliphatic rings. The summed E-state index contributed by atoms with van der Waals surface area (Å²) >= 11 is 12.7. The lowest BCUT2D eigenvalue weighted by Gasteiger charge is -2.47. The number of carbonyl (C=O) groups is 6. The van der Waals surface area contributed by atoms with Crippen LogP contribution in [0.3, 0.4) is 0 Å². The molecule has 0 radical (unpaired) electrons. The first-order valence-electron chi connectivity index (χ1n) is 19.5. The molecule has 2 fully saturated rings. The zero-order valence-electron chi connectivity index (χ0n) is 34.9. The molecule has 2 aromatic carbocycles. The minimum Gasteiger partial charge on any atom is -0.391 e. The van der Waals surface area contributed by atoms with Crippen molar-refractivity contribution in [2.75, 3.05) is 10.6 Å². The summed E-state index contributed by atoms with van der Waals surface area (Å²) in [5.41, 5.74) is 0.668. The van der Waals surface area contributed by atoms with Crippen LogP contribution in [0, 0.1) is 39.3 Å². The number of aromatic nitrogens is 2. The summed E-state index contributed by atoms with van der Waals surface area (Å²) in [5.74, 6) is -8.78. The van der Waals surface area contributed by atoms with Gasteiger partial charge in [0.2, 0.25) is 0 Å². The number of hydrogen-bond donors (Lipinski definition) is 5. The van der Waals surface area contributed by atoms with Gasteiger partial charge in [0, 0.05) is 49.7 Å². The van der Waals surface area contributed by atoms with E-state index in [1.54, 1.807) is 34.6 Å². The van der Waals surface area contributed by atoms with Gasteiger partial charge < -0.3 is 35.5 Å². The number of halogens is 6. The number of rotatable bonds is 11. The molecule has 4 amide bonds. The Kier molecular flexibility index (Phi) is 14.1. The molecule has 2 heterocycles. The molecule has 62 heavy (non-hydrogen) atoms. The molecular formula is C43H46Cl2F4N6O7.